The molecule has 1 aromatic rings. The highest BCUT2D eigenvalue weighted by molar-refractivity contribution is 5.92. The van der Waals surface area contributed by atoms with Crippen molar-refractivity contribution in [2.24, 2.45) is 7.05 Å². The monoisotopic (exact) mass is 169 g/mol. The number of nitro groups is 1. The van der Waals surface area contributed by atoms with Gasteiger partial charge in [-0.15, -0.1) is 4.68 Å². The molecule has 64 valence electrons. The maximum atomic E-state index is 10.7. The molecule has 0 saturated carbocycles. The molecule has 6 nitrogen and oxygen atoms in total. The number of Topliss-reactive ketones (excluding diaryl/α,β-unsaturated/α-hetero) is 1. The summed E-state index contributed by atoms with van der Waals surface area (Å²) in [6.07, 6.45) is 0. The van der Waals surface area contributed by atoms with Crippen LogP contribution in [0.2, 0.25) is 0 Å². The van der Waals surface area contributed by atoms with Crippen molar-refractivity contribution in [3.05, 3.63) is 21.9 Å². The number of ketones is 1. The summed E-state index contributed by atoms with van der Waals surface area (Å²) in [6, 6.07) is 1.16. The van der Waals surface area contributed by atoms with Crippen LogP contribution >= 0.6 is 0 Å². The van der Waals surface area contributed by atoms with E-state index >= 15 is 0 Å². The number of aryl methyl sites for hydroxylation is 1. The molecular formula is C6H7N3O3. The number of rotatable bonds is 2. The number of carbonyl (C=O) groups excluding carboxylic acids is 1. The molecule has 1 rings (SSSR count). The smallest absolute Gasteiger partial charge is 0.345 e. The van der Waals surface area contributed by atoms with E-state index in [1.807, 2.05) is 0 Å². The molecule has 1 aromatic heterocycles. The molecule has 0 bridgehead atoms. The van der Waals surface area contributed by atoms with Gasteiger partial charge in [0.25, 0.3) is 0 Å². The van der Waals surface area contributed by atoms with Crippen LogP contribution in [0.4, 0.5) is 5.82 Å². The Morgan fingerprint density at radius 2 is 2.33 bits per heavy atom. The third kappa shape index (κ3) is 1.31. The molecule has 0 fully saturated rings. The molecular weight excluding hydrogens is 162 g/mol. The van der Waals surface area contributed by atoms with E-state index in [0.717, 1.165) is 10.7 Å². The van der Waals surface area contributed by atoms with E-state index in [2.05, 4.69) is 5.10 Å². The Balaban J connectivity index is 3.17. The second-order valence-corrected chi connectivity index (χ2v) is 2.32. The van der Waals surface area contributed by atoms with Gasteiger partial charge in [-0.1, -0.05) is 5.10 Å². The topological polar surface area (TPSA) is 78.0 Å². The molecule has 0 aliphatic heterocycles. The van der Waals surface area contributed by atoms with Crippen molar-refractivity contribution in [3.8, 4) is 0 Å². The van der Waals surface area contributed by atoms with Gasteiger partial charge in [-0.05, 0) is 4.92 Å². The first-order chi connectivity index (χ1) is 5.52. The van der Waals surface area contributed by atoms with Gasteiger partial charge in [0, 0.05) is 6.92 Å². The summed E-state index contributed by atoms with van der Waals surface area (Å²) < 4.78 is 1.07. The minimum atomic E-state index is -0.584. The second kappa shape index (κ2) is 2.72. The van der Waals surface area contributed by atoms with Crippen LogP contribution in [0.1, 0.15) is 17.4 Å². The van der Waals surface area contributed by atoms with Crippen molar-refractivity contribution in [1.82, 2.24) is 9.78 Å². The van der Waals surface area contributed by atoms with E-state index in [-0.39, 0.29) is 17.3 Å². The fraction of sp³-hybridized carbons (Fsp3) is 0.333. The summed E-state index contributed by atoms with van der Waals surface area (Å²) in [4.78, 5) is 20.4. The van der Waals surface area contributed by atoms with E-state index in [1.165, 1.54) is 14.0 Å². The molecule has 0 atom stereocenters. The van der Waals surface area contributed by atoms with Crippen LogP contribution in [0, 0.1) is 10.1 Å². The summed E-state index contributed by atoms with van der Waals surface area (Å²) >= 11 is 0. The standard InChI is InChI=1S/C6H7N3O3/c1-4(10)5-3-6(9(11)12)8(2)7-5/h3H,1-2H3. The lowest BCUT2D eigenvalue weighted by Crippen LogP contribution is -1.99. The molecule has 0 radical (unpaired) electrons. The average molecular weight is 169 g/mol. The Morgan fingerprint density at radius 3 is 2.58 bits per heavy atom. The summed E-state index contributed by atoms with van der Waals surface area (Å²) in [5.41, 5.74) is 0.115. The van der Waals surface area contributed by atoms with Gasteiger partial charge in [-0.2, -0.15) is 0 Å². The van der Waals surface area contributed by atoms with E-state index in [0.29, 0.717) is 0 Å². The van der Waals surface area contributed by atoms with Gasteiger partial charge in [0.2, 0.25) is 0 Å². The van der Waals surface area contributed by atoms with Gasteiger partial charge < -0.3 is 10.1 Å². The van der Waals surface area contributed by atoms with Gasteiger partial charge in [0.15, 0.2) is 11.5 Å². The van der Waals surface area contributed by atoms with Crippen LogP contribution < -0.4 is 0 Å². The maximum Gasteiger partial charge on any atom is 0.345 e. The minimum Gasteiger partial charge on any atom is -0.358 e. The van der Waals surface area contributed by atoms with Gasteiger partial charge >= 0.3 is 5.82 Å². The molecule has 6 heteroatoms. The summed E-state index contributed by atoms with van der Waals surface area (Å²) in [6.45, 7) is 1.31. The molecule has 0 N–H and O–H groups in total. The van der Waals surface area contributed by atoms with Crippen LogP contribution in [-0.4, -0.2) is 20.5 Å². The third-order valence-corrected chi connectivity index (χ3v) is 1.40. The predicted octanol–water partition coefficient (Wildman–Crippen LogP) is 0.531. The zero-order valence-electron chi connectivity index (χ0n) is 6.64. The number of hydrogen-bond acceptors (Lipinski definition) is 4. The number of carbonyl (C=O) groups is 1. The van der Waals surface area contributed by atoms with Crippen molar-refractivity contribution in [2.75, 3.05) is 0 Å². The lowest BCUT2D eigenvalue weighted by molar-refractivity contribution is -0.392. The predicted molar refractivity (Wildman–Crippen MR) is 39.9 cm³/mol. The number of aromatic nitrogens is 2. The Kier molecular flexibility index (Phi) is 1.90. The van der Waals surface area contributed by atoms with Gasteiger partial charge in [-0.25, -0.2) is 0 Å². The fourth-order valence-corrected chi connectivity index (χ4v) is 0.800. The van der Waals surface area contributed by atoms with Gasteiger partial charge in [0.1, 0.15) is 7.05 Å². The molecule has 0 amide bonds. The second-order valence-electron chi connectivity index (χ2n) is 2.32. The van der Waals surface area contributed by atoms with Crippen LogP contribution in [0.25, 0.3) is 0 Å². The molecule has 0 spiro atoms. The Bertz CT molecular complexity index is 342. The number of nitrogens with zero attached hydrogens (tertiary/aromatic N) is 3. The summed E-state index contributed by atoms with van der Waals surface area (Å²) in [5.74, 6) is -0.459. The van der Waals surface area contributed by atoms with Crippen LogP contribution in [-0.2, 0) is 7.05 Å². The van der Waals surface area contributed by atoms with E-state index in [1.54, 1.807) is 0 Å². The first-order valence-corrected chi connectivity index (χ1v) is 3.21. The molecule has 0 aliphatic rings. The van der Waals surface area contributed by atoms with Crippen molar-refractivity contribution < 1.29 is 9.72 Å². The van der Waals surface area contributed by atoms with Crippen molar-refractivity contribution >= 4 is 11.6 Å². The Labute approximate surface area is 67.9 Å². The zero-order valence-corrected chi connectivity index (χ0v) is 6.64. The lowest BCUT2D eigenvalue weighted by Gasteiger charge is -1.89. The molecule has 0 aliphatic carbocycles. The summed E-state index contributed by atoms with van der Waals surface area (Å²) in [5, 5.41) is 13.9. The zero-order chi connectivity index (χ0) is 9.30. The Hall–Kier alpha value is -1.72. The first kappa shape index (κ1) is 8.38. The van der Waals surface area contributed by atoms with Crippen molar-refractivity contribution in [3.63, 3.8) is 0 Å². The maximum absolute atomic E-state index is 10.7. The molecule has 0 saturated heterocycles. The van der Waals surface area contributed by atoms with Crippen molar-refractivity contribution in [2.45, 2.75) is 6.92 Å². The minimum absolute atomic E-state index is 0.115. The van der Waals surface area contributed by atoms with Crippen LogP contribution in [0.15, 0.2) is 6.07 Å². The first-order valence-electron chi connectivity index (χ1n) is 3.21. The lowest BCUT2D eigenvalue weighted by atomic mass is 10.3. The largest absolute Gasteiger partial charge is 0.358 e. The molecule has 0 unspecified atom stereocenters. The highest BCUT2D eigenvalue weighted by Crippen LogP contribution is 2.11. The molecule has 0 aromatic carbocycles. The normalized spacial score (nSPS) is 9.83. The highest BCUT2D eigenvalue weighted by Gasteiger charge is 2.16. The molecule has 1 heterocycles. The fourth-order valence-electron chi connectivity index (χ4n) is 0.800. The summed E-state index contributed by atoms with van der Waals surface area (Å²) in [7, 11) is 1.42. The molecule has 12 heavy (non-hydrogen) atoms. The van der Waals surface area contributed by atoms with E-state index in [9.17, 15) is 14.9 Å². The third-order valence-electron chi connectivity index (χ3n) is 1.40. The van der Waals surface area contributed by atoms with Crippen LogP contribution in [0.3, 0.4) is 0 Å². The Morgan fingerprint density at radius 1 is 1.75 bits per heavy atom. The van der Waals surface area contributed by atoms with Crippen LogP contribution in [0.5, 0.6) is 0 Å². The van der Waals surface area contributed by atoms with E-state index < -0.39 is 4.92 Å². The van der Waals surface area contributed by atoms with Gasteiger partial charge in [0.05, 0.1) is 6.07 Å². The van der Waals surface area contributed by atoms with Gasteiger partial charge in [-0.3, -0.25) is 4.79 Å². The highest BCUT2D eigenvalue weighted by atomic mass is 16.6. The number of hydrogen-bond donors (Lipinski definition) is 0. The quantitative estimate of drug-likeness (QED) is 0.367. The van der Waals surface area contributed by atoms with E-state index in [4.69, 9.17) is 0 Å². The average Bonchev–Trinajstić information content (AvgIpc) is 2.30. The SMILES string of the molecule is CC(=O)c1cc([N+](=O)[O-])n(C)n1. The van der Waals surface area contributed by atoms with Crippen molar-refractivity contribution in [1.29, 1.82) is 0 Å².